The van der Waals surface area contributed by atoms with Gasteiger partial charge in [-0.05, 0) is 80.6 Å². The Bertz CT molecular complexity index is 1290. The van der Waals surface area contributed by atoms with Crippen LogP contribution in [-0.2, 0) is 4.79 Å². The summed E-state index contributed by atoms with van der Waals surface area (Å²) in [6, 6.07) is 12.4. The molecule has 1 heterocycles. The van der Waals surface area contributed by atoms with E-state index in [-0.39, 0.29) is 23.5 Å². The fraction of sp³-hybridized carbons (Fsp3) is 0.438. The number of hydrogen-bond donors (Lipinski definition) is 3. The molecule has 0 spiro atoms. The normalized spacial score (nSPS) is 15.2. The zero-order chi connectivity index (χ0) is 28.6. The van der Waals surface area contributed by atoms with Crippen LogP contribution < -0.4 is 20.7 Å². The third-order valence-electron chi connectivity index (χ3n) is 7.52. The highest BCUT2D eigenvalue weighted by atomic mass is 19.1. The molecule has 2 amide bonds. The lowest BCUT2D eigenvalue weighted by Crippen LogP contribution is -2.51. The topological polar surface area (TPSA) is 92.6 Å². The number of hydrogen-bond acceptors (Lipinski definition) is 5. The summed E-state index contributed by atoms with van der Waals surface area (Å²) in [6.07, 6.45) is 6.18. The van der Waals surface area contributed by atoms with Crippen molar-refractivity contribution in [1.82, 2.24) is 10.6 Å². The van der Waals surface area contributed by atoms with Gasteiger partial charge in [0.15, 0.2) is 5.76 Å². The maximum Gasteiger partial charge on any atom is 0.287 e. The van der Waals surface area contributed by atoms with Gasteiger partial charge in [0.2, 0.25) is 5.91 Å². The Morgan fingerprint density at radius 1 is 1.02 bits per heavy atom. The third kappa shape index (κ3) is 7.64. The van der Waals surface area contributed by atoms with Crippen LogP contribution in [0, 0.1) is 25.6 Å². The van der Waals surface area contributed by atoms with E-state index in [0.717, 1.165) is 48.2 Å². The molecule has 3 aromatic rings. The molecule has 1 saturated carbocycles. The molecule has 1 aromatic heterocycles. The predicted molar refractivity (Wildman–Crippen MR) is 155 cm³/mol. The standard InChI is InChI=1S/C32H40FN3O4/c1-20-15-26(16-21(2)30(20)39-4)34-19-22(3)35-31(37)27(17-23-9-6-5-7-10-23)36-32(38)29-14-13-28(40-29)24-11-8-12-25(33)18-24/h8,11-16,18,22-23,27,34H,5-7,9-10,17,19H2,1-4H3,(H,35,37)(H,36,38)/t22-,27-/m0/s1. The number of furan rings is 1. The van der Waals surface area contributed by atoms with Gasteiger partial charge in [-0.15, -0.1) is 0 Å². The molecule has 4 rings (SSSR count). The minimum absolute atomic E-state index is 0.0839. The predicted octanol–water partition coefficient (Wildman–Crippen LogP) is 6.40. The van der Waals surface area contributed by atoms with Gasteiger partial charge in [0.05, 0.1) is 7.11 Å². The fourth-order valence-corrected chi connectivity index (χ4v) is 5.51. The van der Waals surface area contributed by atoms with Crippen molar-refractivity contribution in [2.24, 2.45) is 5.92 Å². The van der Waals surface area contributed by atoms with E-state index in [0.29, 0.717) is 30.2 Å². The summed E-state index contributed by atoms with van der Waals surface area (Å²) in [5.74, 6) is 0.656. The molecule has 0 radical (unpaired) electrons. The van der Waals surface area contributed by atoms with Crippen LogP contribution in [0.4, 0.5) is 10.1 Å². The molecule has 0 unspecified atom stereocenters. The molecule has 8 heteroatoms. The van der Waals surface area contributed by atoms with Gasteiger partial charge < -0.3 is 25.1 Å². The Hall–Kier alpha value is -3.81. The van der Waals surface area contributed by atoms with Crippen molar-refractivity contribution in [3.8, 4) is 17.1 Å². The first-order valence-electron chi connectivity index (χ1n) is 14.1. The van der Waals surface area contributed by atoms with E-state index in [1.165, 1.54) is 18.6 Å². The lowest BCUT2D eigenvalue weighted by molar-refractivity contribution is -0.124. The molecule has 1 aliphatic rings. The summed E-state index contributed by atoms with van der Waals surface area (Å²) in [4.78, 5) is 26.6. The summed E-state index contributed by atoms with van der Waals surface area (Å²) in [6.45, 7) is 6.46. The lowest BCUT2D eigenvalue weighted by atomic mass is 9.84. The number of anilines is 1. The zero-order valence-corrected chi connectivity index (χ0v) is 23.8. The van der Waals surface area contributed by atoms with Gasteiger partial charge in [-0.25, -0.2) is 4.39 Å². The molecule has 40 heavy (non-hydrogen) atoms. The van der Waals surface area contributed by atoms with E-state index >= 15 is 0 Å². The minimum atomic E-state index is -0.689. The van der Waals surface area contributed by atoms with E-state index in [1.807, 2.05) is 32.9 Å². The van der Waals surface area contributed by atoms with E-state index in [1.54, 1.807) is 31.4 Å². The Kier molecular flexibility index (Phi) is 9.85. The molecule has 7 nitrogen and oxygen atoms in total. The van der Waals surface area contributed by atoms with Crippen molar-refractivity contribution in [3.63, 3.8) is 0 Å². The number of amides is 2. The van der Waals surface area contributed by atoms with E-state index in [4.69, 9.17) is 9.15 Å². The number of nitrogens with one attached hydrogen (secondary N) is 3. The van der Waals surface area contributed by atoms with Gasteiger partial charge in [-0.2, -0.15) is 0 Å². The van der Waals surface area contributed by atoms with Crippen LogP contribution in [-0.4, -0.2) is 37.6 Å². The van der Waals surface area contributed by atoms with Gasteiger partial charge in [0.25, 0.3) is 5.91 Å². The van der Waals surface area contributed by atoms with Crippen molar-refractivity contribution < 1.29 is 23.1 Å². The molecular formula is C32H40FN3O4. The molecule has 0 aliphatic heterocycles. The number of halogens is 1. The second-order valence-electron chi connectivity index (χ2n) is 10.9. The van der Waals surface area contributed by atoms with Gasteiger partial charge in [-0.1, -0.05) is 44.2 Å². The molecule has 2 atom stereocenters. The quantitative estimate of drug-likeness (QED) is 0.258. The third-order valence-corrected chi connectivity index (χ3v) is 7.52. The summed E-state index contributed by atoms with van der Waals surface area (Å²) >= 11 is 0. The molecule has 1 aliphatic carbocycles. The Morgan fingerprint density at radius 2 is 1.75 bits per heavy atom. The van der Waals surface area contributed by atoms with Crippen LogP contribution in [0.3, 0.4) is 0 Å². The summed E-state index contributed by atoms with van der Waals surface area (Å²) in [5, 5.41) is 9.38. The van der Waals surface area contributed by atoms with E-state index < -0.39 is 11.9 Å². The first-order chi connectivity index (χ1) is 19.2. The van der Waals surface area contributed by atoms with Crippen molar-refractivity contribution in [1.29, 1.82) is 0 Å². The number of aryl methyl sites for hydroxylation is 2. The highest BCUT2D eigenvalue weighted by molar-refractivity contribution is 5.96. The fourth-order valence-electron chi connectivity index (χ4n) is 5.51. The Labute approximate surface area is 235 Å². The second kappa shape index (κ2) is 13.5. The number of carbonyl (C=O) groups excluding carboxylic acids is 2. The number of ether oxygens (including phenoxy) is 1. The van der Waals surface area contributed by atoms with Gasteiger partial charge in [-0.3, -0.25) is 9.59 Å². The SMILES string of the molecule is COc1c(C)cc(NC[C@H](C)NC(=O)[C@H](CC2CCCCC2)NC(=O)c2ccc(-c3cccc(F)c3)o2)cc1C. The maximum atomic E-state index is 13.6. The monoisotopic (exact) mass is 549 g/mol. The van der Waals surface area contributed by atoms with Crippen LogP contribution in [0.25, 0.3) is 11.3 Å². The van der Waals surface area contributed by atoms with Crippen molar-refractivity contribution in [2.75, 3.05) is 19.0 Å². The van der Waals surface area contributed by atoms with Gasteiger partial charge in [0.1, 0.15) is 23.4 Å². The molecule has 0 saturated heterocycles. The summed E-state index contributed by atoms with van der Waals surface area (Å²) in [7, 11) is 1.66. The van der Waals surface area contributed by atoms with Gasteiger partial charge in [0, 0.05) is 23.8 Å². The van der Waals surface area contributed by atoms with Crippen LogP contribution >= 0.6 is 0 Å². The average Bonchev–Trinajstić information content (AvgIpc) is 3.43. The minimum Gasteiger partial charge on any atom is -0.496 e. The zero-order valence-electron chi connectivity index (χ0n) is 23.8. The average molecular weight is 550 g/mol. The van der Waals surface area contributed by atoms with Crippen LogP contribution in [0.15, 0.2) is 52.9 Å². The first-order valence-corrected chi connectivity index (χ1v) is 14.1. The van der Waals surface area contributed by atoms with E-state index in [2.05, 4.69) is 16.0 Å². The summed E-state index contributed by atoms with van der Waals surface area (Å²) in [5.41, 5.74) is 3.57. The van der Waals surface area contributed by atoms with Gasteiger partial charge >= 0.3 is 0 Å². The summed E-state index contributed by atoms with van der Waals surface area (Å²) < 4.78 is 24.8. The molecule has 1 fully saturated rings. The van der Waals surface area contributed by atoms with Crippen molar-refractivity contribution in [2.45, 2.75) is 71.4 Å². The maximum absolute atomic E-state index is 13.6. The highest BCUT2D eigenvalue weighted by Gasteiger charge is 2.28. The Balaban J connectivity index is 1.40. The number of methoxy groups -OCH3 is 1. The second-order valence-corrected chi connectivity index (χ2v) is 10.9. The largest absolute Gasteiger partial charge is 0.496 e. The van der Waals surface area contributed by atoms with Crippen molar-refractivity contribution >= 4 is 17.5 Å². The van der Waals surface area contributed by atoms with Crippen LogP contribution in [0.5, 0.6) is 5.75 Å². The van der Waals surface area contributed by atoms with Crippen LogP contribution in [0.1, 0.15) is 67.1 Å². The molecule has 2 aromatic carbocycles. The number of carbonyl (C=O) groups is 2. The van der Waals surface area contributed by atoms with E-state index in [9.17, 15) is 14.0 Å². The van der Waals surface area contributed by atoms with Crippen molar-refractivity contribution in [3.05, 3.63) is 71.2 Å². The molecule has 3 N–H and O–H groups in total. The number of rotatable bonds is 11. The molecular weight excluding hydrogens is 509 g/mol. The number of benzene rings is 2. The Morgan fingerprint density at radius 3 is 2.42 bits per heavy atom. The smallest absolute Gasteiger partial charge is 0.287 e. The lowest BCUT2D eigenvalue weighted by Gasteiger charge is -2.27. The highest BCUT2D eigenvalue weighted by Crippen LogP contribution is 2.29. The molecule has 214 valence electrons. The molecule has 0 bridgehead atoms. The first kappa shape index (κ1) is 29.2. The van der Waals surface area contributed by atoms with Crippen LogP contribution in [0.2, 0.25) is 0 Å².